The summed E-state index contributed by atoms with van der Waals surface area (Å²) in [6, 6.07) is 5.15. The van der Waals surface area contributed by atoms with Crippen LogP contribution >= 0.6 is 0 Å². The molecular weight excluding hydrogens is 195 g/mol. The van der Waals surface area contributed by atoms with Gasteiger partial charge in [0.05, 0.1) is 5.60 Å². The zero-order valence-electron chi connectivity index (χ0n) is 8.79. The van der Waals surface area contributed by atoms with Crippen LogP contribution in [0.3, 0.4) is 0 Å². The molecule has 1 heterocycles. The molecule has 15 heavy (non-hydrogen) atoms. The highest BCUT2D eigenvalue weighted by Crippen LogP contribution is 2.34. The van der Waals surface area contributed by atoms with Crippen LogP contribution in [0.2, 0.25) is 0 Å². The minimum atomic E-state index is -1.05. The molecule has 1 aromatic rings. The third-order valence-corrected chi connectivity index (χ3v) is 3.01. The Bertz CT molecular complexity index is 357. The van der Waals surface area contributed by atoms with Gasteiger partial charge in [0.15, 0.2) is 0 Å². The predicted molar refractivity (Wildman–Crippen MR) is 55.1 cm³/mol. The third-order valence-electron chi connectivity index (χ3n) is 3.01. The molecule has 1 aliphatic rings. The summed E-state index contributed by atoms with van der Waals surface area (Å²) < 4.78 is 19.0. The predicted octanol–water partition coefficient (Wildman–Crippen LogP) is 2.13. The summed E-state index contributed by atoms with van der Waals surface area (Å²) in [6.07, 6.45) is 0.931. The van der Waals surface area contributed by atoms with Crippen LogP contribution in [0.1, 0.15) is 24.0 Å². The first-order valence-corrected chi connectivity index (χ1v) is 5.19. The lowest BCUT2D eigenvalue weighted by Crippen LogP contribution is -2.34. The zero-order chi connectivity index (χ0) is 10.9. The molecule has 0 aliphatic carbocycles. The van der Waals surface area contributed by atoms with Crippen molar-refractivity contribution in [3.63, 3.8) is 0 Å². The topological polar surface area (TPSA) is 29.5 Å². The van der Waals surface area contributed by atoms with Crippen molar-refractivity contribution < 1.29 is 14.2 Å². The van der Waals surface area contributed by atoms with E-state index in [4.69, 9.17) is 4.74 Å². The molecule has 1 saturated heterocycles. The van der Waals surface area contributed by atoms with Crippen LogP contribution < -0.4 is 0 Å². The quantitative estimate of drug-likeness (QED) is 0.769. The van der Waals surface area contributed by atoms with Crippen molar-refractivity contribution in [2.24, 2.45) is 0 Å². The van der Waals surface area contributed by atoms with Gasteiger partial charge in [-0.1, -0.05) is 18.2 Å². The van der Waals surface area contributed by atoms with Crippen molar-refractivity contribution in [3.05, 3.63) is 35.1 Å². The largest absolute Gasteiger partial charge is 0.385 e. The van der Waals surface area contributed by atoms with Crippen molar-refractivity contribution in [2.45, 2.75) is 25.4 Å². The molecule has 0 bridgehead atoms. The van der Waals surface area contributed by atoms with Crippen LogP contribution in [0.25, 0.3) is 0 Å². The number of rotatable bonds is 1. The fourth-order valence-electron chi connectivity index (χ4n) is 1.99. The molecule has 0 amide bonds. The van der Waals surface area contributed by atoms with Crippen molar-refractivity contribution in [3.8, 4) is 0 Å². The zero-order valence-corrected chi connectivity index (χ0v) is 8.79. The summed E-state index contributed by atoms with van der Waals surface area (Å²) in [4.78, 5) is 0. The Balaban J connectivity index is 2.39. The molecule has 0 radical (unpaired) electrons. The van der Waals surface area contributed by atoms with Gasteiger partial charge < -0.3 is 9.84 Å². The van der Waals surface area contributed by atoms with Crippen LogP contribution in [0.5, 0.6) is 0 Å². The lowest BCUT2D eigenvalue weighted by atomic mass is 9.85. The van der Waals surface area contributed by atoms with Crippen molar-refractivity contribution in [2.75, 3.05) is 13.2 Å². The molecule has 0 saturated carbocycles. The average molecular weight is 210 g/mol. The third kappa shape index (κ3) is 1.90. The lowest BCUT2D eigenvalue weighted by Gasteiger charge is -2.32. The Morgan fingerprint density at radius 1 is 1.33 bits per heavy atom. The molecule has 0 atom stereocenters. The highest BCUT2D eigenvalue weighted by Gasteiger charge is 2.34. The van der Waals surface area contributed by atoms with Crippen LogP contribution in [0.15, 0.2) is 18.2 Å². The maximum atomic E-state index is 13.8. The highest BCUT2D eigenvalue weighted by atomic mass is 19.1. The van der Waals surface area contributed by atoms with E-state index >= 15 is 0 Å². The Morgan fingerprint density at radius 2 is 2.00 bits per heavy atom. The van der Waals surface area contributed by atoms with Gasteiger partial charge in [-0.25, -0.2) is 4.39 Å². The second kappa shape index (κ2) is 3.91. The van der Waals surface area contributed by atoms with Crippen LogP contribution in [0, 0.1) is 12.7 Å². The number of ether oxygens (including phenoxy) is 1. The fourth-order valence-corrected chi connectivity index (χ4v) is 1.99. The first kappa shape index (κ1) is 10.6. The van der Waals surface area contributed by atoms with E-state index in [1.54, 1.807) is 25.1 Å². The average Bonchev–Trinajstić information content (AvgIpc) is 2.23. The normalized spacial score (nSPS) is 20.2. The monoisotopic (exact) mass is 210 g/mol. The molecular formula is C12H15FO2. The van der Waals surface area contributed by atoms with Gasteiger partial charge in [0, 0.05) is 31.6 Å². The number of benzene rings is 1. The first-order chi connectivity index (χ1) is 7.13. The van der Waals surface area contributed by atoms with Crippen LogP contribution in [0.4, 0.5) is 4.39 Å². The first-order valence-electron chi connectivity index (χ1n) is 5.19. The van der Waals surface area contributed by atoms with E-state index in [0.717, 1.165) is 0 Å². The molecule has 0 spiro atoms. The fraction of sp³-hybridized carbons (Fsp3) is 0.500. The Kier molecular flexibility index (Phi) is 2.76. The van der Waals surface area contributed by atoms with E-state index in [0.29, 0.717) is 37.2 Å². The molecule has 3 heteroatoms. The van der Waals surface area contributed by atoms with Gasteiger partial charge in [-0.3, -0.25) is 0 Å². The van der Waals surface area contributed by atoms with E-state index in [1.807, 2.05) is 0 Å². The molecule has 0 aromatic heterocycles. The van der Waals surface area contributed by atoms with E-state index in [1.165, 1.54) is 0 Å². The second-order valence-electron chi connectivity index (χ2n) is 4.08. The van der Waals surface area contributed by atoms with Gasteiger partial charge in [0.25, 0.3) is 0 Å². The van der Waals surface area contributed by atoms with E-state index in [9.17, 15) is 9.50 Å². The van der Waals surface area contributed by atoms with Gasteiger partial charge in [-0.15, -0.1) is 0 Å². The highest BCUT2D eigenvalue weighted by molar-refractivity contribution is 5.30. The summed E-state index contributed by atoms with van der Waals surface area (Å²) >= 11 is 0. The second-order valence-corrected chi connectivity index (χ2v) is 4.08. The molecule has 0 unspecified atom stereocenters. The number of halogens is 1. The number of hydrogen-bond donors (Lipinski definition) is 1. The summed E-state index contributed by atoms with van der Waals surface area (Å²) in [5, 5.41) is 10.3. The maximum absolute atomic E-state index is 13.8. The SMILES string of the molecule is Cc1cccc(C2(O)CCOCC2)c1F. The van der Waals surface area contributed by atoms with Crippen molar-refractivity contribution in [1.29, 1.82) is 0 Å². The summed E-state index contributed by atoms with van der Waals surface area (Å²) in [7, 11) is 0. The Hall–Kier alpha value is -0.930. The lowest BCUT2D eigenvalue weighted by molar-refractivity contribution is -0.0698. The summed E-state index contributed by atoms with van der Waals surface area (Å²) in [5.41, 5.74) is -0.0628. The molecule has 1 aromatic carbocycles. The molecule has 1 aliphatic heterocycles. The molecule has 2 rings (SSSR count). The molecule has 82 valence electrons. The Labute approximate surface area is 88.7 Å². The van der Waals surface area contributed by atoms with Gasteiger partial charge in [-0.05, 0) is 12.5 Å². The minimum absolute atomic E-state index is 0.290. The number of hydrogen-bond acceptors (Lipinski definition) is 2. The van der Waals surface area contributed by atoms with E-state index in [2.05, 4.69) is 0 Å². The Morgan fingerprint density at radius 3 is 2.67 bits per heavy atom. The van der Waals surface area contributed by atoms with Crippen LogP contribution in [-0.4, -0.2) is 18.3 Å². The van der Waals surface area contributed by atoms with E-state index < -0.39 is 5.60 Å². The number of aryl methyl sites for hydroxylation is 1. The standard InChI is InChI=1S/C12H15FO2/c1-9-3-2-4-10(11(9)13)12(14)5-7-15-8-6-12/h2-4,14H,5-8H2,1H3. The maximum Gasteiger partial charge on any atom is 0.132 e. The molecule has 1 N–H and O–H groups in total. The van der Waals surface area contributed by atoms with Gasteiger partial charge in [0.2, 0.25) is 0 Å². The van der Waals surface area contributed by atoms with Crippen LogP contribution in [-0.2, 0) is 10.3 Å². The smallest absolute Gasteiger partial charge is 0.132 e. The van der Waals surface area contributed by atoms with Gasteiger partial charge in [-0.2, -0.15) is 0 Å². The van der Waals surface area contributed by atoms with E-state index in [-0.39, 0.29) is 5.82 Å². The van der Waals surface area contributed by atoms with Gasteiger partial charge >= 0.3 is 0 Å². The number of aliphatic hydroxyl groups is 1. The summed E-state index contributed by atoms with van der Waals surface area (Å²) in [6.45, 7) is 2.69. The van der Waals surface area contributed by atoms with Crippen molar-refractivity contribution in [1.82, 2.24) is 0 Å². The minimum Gasteiger partial charge on any atom is -0.385 e. The van der Waals surface area contributed by atoms with Crippen molar-refractivity contribution >= 4 is 0 Å². The molecule has 1 fully saturated rings. The summed E-state index contributed by atoms with van der Waals surface area (Å²) in [5.74, 6) is -0.290. The molecule has 2 nitrogen and oxygen atoms in total. The van der Waals surface area contributed by atoms with Gasteiger partial charge in [0.1, 0.15) is 5.82 Å².